The number of hydrogen-bond acceptors (Lipinski definition) is 9. The quantitative estimate of drug-likeness (QED) is 0.284. The molecule has 1 saturated heterocycles. The van der Waals surface area contributed by atoms with Crippen LogP contribution in [0, 0.1) is 0 Å². The second kappa shape index (κ2) is 12.8. The topological polar surface area (TPSA) is 132 Å². The van der Waals surface area contributed by atoms with Crippen LogP contribution in [0.4, 0.5) is 14.7 Å². The van der Waals surface area contributed by atoms with Gasteiger partial charge >= 0.3 is 12.6 Å². The molecule has 44 heavy (non-hydrogen) atoms. The number of nitrogens with zero attached hydrogens (tertiary/aromatic N) is 6. The Labute approximate surface area is 251 Å². The smallest absolute Gasteiger partial charge is 0.387 e. The maximum Gasteiger partial charge on any atom is 0.387 e. The van der Waals surface area contributed by atoms with Crippen molar-refractivity contribution in [2.75, 3.05) is 31.6 Å². The van der Waals surface area contributed by atoms with Crippen LogP contribution in [0.25, 0.3) is 22.0 Å². The number of piperazine rings is 1. The minimum atomic E-state index is -2.98. The number of carbonyl (C=O) groups is 2. The van der Waals surface area contributed by atoms with Gasteiger partial charge in [-0.15, -0.1) is 0 Å². The number of aliphatic hydroxyl groups excluding tert-OH is 1. The van der Waals surface area contributed by atoms with E-state index in [2.05, 4.69) is 19.4 Å². The molecule has 1 N–H and O–H groups in total. The van der Waals surface area contributed by atoms with Gasteiger partial charge in [0.1, 0.15) is 11.9 Å². The van der Waals surface area contributed by atoms with E-state index in [4.69, 9.17) is 0 Å². The van der Waals surface area contributed by atoms with Crippen LogP contribution in [0.15, 0.2) is 59.7 Å². The van der Waals surface area contributed by atoms with Gasteiger partial charge in [-0.2, -0.15) is 8.78 Å². The summed E-state index contributed by atoms with van der Waals surface area (Å²) in [6.45, 7) is 0.168. The number of hydrogen-bond donors (Lipinski definition) is 1. The summed E-state index contributed by atoms with van der Waals surface area (Å²) in [5, 5.41) is 10.6. The number of rotatable bonds is 9. The molecule has 1 aliphatic rings. The van der Waals surface area contributed by atoms with E-state index in [-0.39, 0.29) is 23.9 Å². The van der Waals surface area contributed by atoms with Crippen LogP contribution >= 0.6 is 0 Å². The molecule has 232 valence electrons. The zero-order valence-corrected chi connectivity index (χ0v) is 24.4. The molecule has 1 fully saturated rings. The fourth-order valence-electron chi connectivity index (χ4n) is 5.37. The van der Waals surface area contributed by atoms with Gasteiger partial charge in [0.25, 0.3) is 11.5 Å². The maximum atomic E-state index is 13.0. The highest BCUT2D eigenvalue weighted by Crippen LogP contribution is 2.27. The Balaban J connectivity index is 1.34. The summed E-state index contributed by atoms with van der Waals surface area (Å²) in [7, 11) is 2.81. The summed E-state index contributed by atoms with van der Waals surface area (Å²) in [5.74, 6) is -0.686. The number of amides is 1. The van der Waals surface area contributed by atoms with Crippen LogP contribution < -0.4 is 15.2 Å². The maximum absolute atomic E-state index is 13.0. The van der Waals surface area contributed by atoms with Crippen LogP contribution in [0.5, 0.6) is 5.75 Å². The van der Waals surface area contributed by atoms with Crippen LogP contribution in [-0.2, 0) is 27.9 Å². The normalized spacial score (nSPS) is 15.9. The lowest BCUT2D eigenvalue weighted by Crippen LogP contribution is -2.56. The van der Waals surface area contributed by atoms with Gasteiger partial charge in [-0.1, -0.05) is 24.3 Å². The highest BCUT2D eigenvalue weighted by atomic mass is 19.3. The largest absolute Gasteiger partial charge is 0.469 e. The van der Waals surface area contributed by atoms with E-state index in [1.54, 1.807) is 54.5 Å². The van der Waals surface area contributed by atoms with Gasteiger partial charge in [0.05, 0.1) is 31.0 Å². The second-order valence-electron chi connectivity index (χ2n) is 10.5. The highest BCUT2D eigenvalue weighted by molar-refractivity contribution is 5.86. The second-order valence-corrected chi connectivity index (χ2v) is 10.5. The van der Waals surface area contributed by atoms with Gasteiger partial charge in [-0.25, -0.2) is 9.97 Å². The van der Waals surface area contributed by atoms with Crippen molar-refractivity contribution >= 4 is 28.7 Å². The number of alkyl halides is 2. The lowest BCUT2D eigenvalue weighted by molar-refractivity contribution is -0.151. The molecule has 2 unspecified atom stereocenters. The third-order valence-corrected chi connectivity index (χ3v) is 7.71. The summed E-state index contributed by atoms with van der Waals surface area (Å²) in [6, 6.07) is 11.5. The molecule has 2 aromatic heterocycles. The Morgan fingerprint density at radius 2 is 1.82 bits per heavy atom. The number of methoxy groups -OCH3 is 1. The van der Waals surface area contributed by atoms with Crippen molar-refractivity contribution in [2.45, 2.75) is 38.6 Å². The minimum Gasteiger partial charge on any atom is -0.469 e. The molecule has 5 rings (SSSR count). The first-order valence-electron chi connectivity index (χ1n) is 13.9. The number of esters is 1. The first kappa shape index (κ1) is 30.6. The van der Waals surface area contributed by atoms with E-state index in [0.717, 1.165) is 5.56 Å². The predicted molar refractivity (Wildman–Crippen MR) is 156 cm³/mol. The number of aliphatic hydroxyl groups is 1. The Bertz CT molecular complexity index is 1720. The first-order chi connectivity index (χ1) is 21.1. The molecule has 0 saturated carbocycles. The fraction of sp³-hybridized carbons (Fsp3) is 0.367. The lowest BCUT2D eigenvalue weighted by Gasteiger charge is -2.40. The number of benzene rings is 2. The third-order valence-electron chi connectivity index (χ3n) is 7.71. The van der Waals surface area contributed by atoms with Gasteiger partial charge in [-0.3, -0.25) is 23.7 Å². The van der Waals surface area contributed by atoms with Crippen molar-refractivity contribution in [3.63, 3.8) is 0 Å². The number of aromatic nitrogens is 4. The molecule has 0 spiro atoms. The Hall–Kier alpha value is -4.85. The van der Waals surface area contributed by atoms with Gasteiger partial charge in [0.15, 0.2) is 0 Å². The van der Waals surface area contributed by atoms with E-state index in [0.29, 0.717) is 47.6 Å². The van der Waals surface area contributed by atoms with E-state index >= 15 is 0 Å². The van der Waals surface area contributed by atoms with Crippen molar-refractivity contribution < 1.29 is 33.0 Å². The van der Waals surface area contributed by atoms with Gasteiger partial charge in [-0.05, 0) is 30.7 Å². The van der Waals surface area contributed by atoms with Crippen LogP contribution in [0.2, 0.25) is 0 Å². The molecule has 0 aliphatic carbocycles. The fourth-order valence-corrected chi connectivity index (χ4v) is 5.37. The number of fused-ring (bicyclic) bond motifs is 1. The molecule has 0 bridgehead atoms. The Morgan fingerprint density at radius 1 is 1.09 bits per heavy atom. The average Bonchev–Trinajstić information content (AvgIpc) is 3.25. The first-order valence-corrected chi connectivity index (χ1v) is 13.9. The third kappa shape index (κ3) is 6.25. The van der Waals surface area contributed by atoms with Crippen molar-refractivity contribution in [1.29, 1.82) is 0 Å². The van der Waals surface area contributed by atoms with Crippen molar-refractivity contribution in [3.05, 3.63) is 70.8 Å². The molecule has 14 heteroatoms. The Kier molecular flexibility index (Phi) is 8.90. The van der Waals surface area contributed by atoms with Gasteiger partial charge in [0, 0.05) is 56.2 Å². The van der Waals surface area contributed by atoms with Crippen molar-refractivity contribution in [1.82, 2.24) is 24.2 Å². The summed E-state index contributed by atoms with van der Waals surface area (Å²) in [4.78, 5) is 49.6. The van der Waals surface area contributed by atoms with Crippen molar-refractivity contribution in [3.8, 4) is 16.9 Å². The molecule has 4 aromatic rings. The lowest BCUT2D eigenvalue weighted by atomic mass is 10.1. The molecule has 0 radical (unpaired) electrons. The van der Waals surface area contributed by atoms with Crippen LogP contribution in [0.1, 0.15) is 18.9 Å². The van der Waals surface area contributed by atoms with Crippen LogP contribution in [-0.4, -0.2) is 86.7 Å². The van der Waals surface area contributed by atoms with Gasteiger partial charge in [0.2, 0.25) is 5.95 Å². The monoisotopic (exact) mass is 610 g/mol. The molecule has 2 atom stereocenters. The van der Waals surface area contributed by atoms with E-state index in [1.807, 2.05) is 17.9 Å². The molecule has 1 aliphatic heterocycles. The molecule has 3 heterocycles. The van der Waals surface area contributed by atoms with E-state index < -0.39 is 31.0 Å². The zero-order chi connectivity index (χ0) is 31.5. The number of anilines is 1. The van der Waals surface area contributed by atoms with Gasteiger partial charge < -0.3 is 24.4 Å². The minimum absolute atomic E-state index is 0.0360. The number of para-hydroxylation sites is 1. The Morgan fingerprint density at radius 3 is 2.50 bits per heavy atom. The average molecular weight is 611 g/mol. The zero-order valence-electron chi connectivity index (χ0n) is 24.4. The summed E-state index contributed by atoms with van der Waals surface area (Å²) >= 11 is 0. The SMILES string of the molecule is COC(=O)CC(O)C(=O)N1CCN(c2ncc(-c3ccc4c(=O)n(C)n(Cc5ccccc5OC(F)F)c4c3)cn2)CC1C. The number of halogens is 2. The summed E-state index contributed by atoms with van der Waals surface area (Å²) < 4.78 is 38.3. The summed E-state index contributed by atoms with van der Waals surface area (Å²) in [5.41, 5.74) is 2.33. The van der Waals surface area contributed by atoms with E-state index in [9.17, 15) is 28.3 Å². The van der Waals surface area contributed by atoms with Crippen molar-refractivity contribution in [2.24, 2.45) is 7.05 Å². The number of carbonyl (C=O) groups excluding carboxylic acids is 2. The number of ether oxygens (including phenoxy) is 2. The molecule has 1 amide bonds. The van der Waals surface area contributed by atoms with E-state index in [1.165, 1.54) is 22.8 Å². The molecule has 2 aromatic carbocycles. The van der Waals surface area contributed by atoms with Crippen LogP contribution in [0.3, 0.4) is 0 Å². The summed E-state index contributed by atoms with van der Waals surface area (Å²) in [6.07, 6.45) is 1.47. The molecular formula is C30H32F2N6O6. The highest BCUT2D eigenvalue weighted by Gasteiger charge is 2.33. The molecule has 12 nitrogen and oxygen atoms in total. The molecular weight excluding hydrogens is 578 g/mol. The predicted octanol–water partition coefficient (Wildman–Crippen LogP) is 2.41. The standard InChI is InChI=1S/C30H32F2N6O6/c1-18-16-36(10-11-37(18)28(42)24(39)13-26(40)43-3)30-33-14-21(15-34-30)19-8-9-22-23(12-19)38(35(2)27(22)41)17-20-6-4-5-7-25(20)44-29(31)32/h4-9,12,14-15,18,24,29,39H,10-11,13,16-17H2,1-3H3.